The number of amides is 1. The fourth-order valence-electron chi connectivity index (χ4n) is 2.23. The predicted octanol–water partition coefficient (Wildman–Crippen LogP) is 3.56. The maximum atomic E-state index is 12.1. The van der Waals surface area contributed by atoms with Crippen molar-refractivity contribution in [3.8, 4) is 0 Å². The molecule has 0 aliphatic carbocycles. The Labute approximate surface area is 116 Å². The molecule has 2 aromatic carbocycles. The molecule has 0 saturated carbocycles. The second kappa shape index (κ2) is 4.94. The highest BCUT2D eigenvalue weighted by Crippen LogP contribution is 2.26. The van der Waals surface area contributed by atoms with Crippen LogP contribution in [0.2, 0.25) is 5.02 Å². The monoisotopic (exact) mass is 272 g/mol. The first kappa shape index (κ1) is 12.1. The number of halogens is 1. The van der Waals surface area contributed by atoms with Crippen LogP contribution in [-0.2, 0) is 6.42 Å². The van der Waals surface area contributed by atoms with E-state index in [9.17, 15) is 4.79 Å². The average molecular weight is 273 g/mol. The Kier molecular flexibility index (Phi) is 3.13. The van der Waals surface area contributed by atoms with Gasteiger partial charge in [-0.05, 0) is 42.3 Å². The summed E-state index contributed by atoms with van der Waals surface area (Å²) in [5.41, 5.74) is 3.67. The minimum Gasteiger partial charge on any atom is -0.384 e. The summed E-state index contributed by atoms with van der Waals surface area (Å²) in [4.78, 5) is 12.1. The molecule has 4 heteroatoms. The second-order valence-electron chi connectivity index (χ2n) is 4.48. The van der Waals surface area contributed by atoms with Gasteiger partial charge in [0.15, 0.2) is 0 Å². The van der Waals surface area contributed by atoms with Gasteiger partial charge in [-0.3, -0.25) is 4.79 Å². The van der Waals surface area contributed by atoms with E-state index in [0.29, 0.717) is 10.6 Å². The Morgan fingerprint density at radius 2 is 2.05 bits per heavy atom. The van der Waals surface area contributed by atoms with Crippen LogP contribution in [0.5, 0.6) is 0 Å². The second-order valence-corrected chi connectivity index (χ2v) is 4.89. The lowest BCUT2D eigenvalue weighted by atomic mass is 10.1. The van der Waals surface area contributed by atoms with Gasteiger partial charge in [-0.25, -0.2) is 0 Å². The number of rotatable bonds is 2. The van der Waals surface area contributed by atoms with Crippen LogP contribution in [0.1, 0.15) is 15.9 Å². The molecule has 0 atom stereocenters. The maximum Gasteiger partial charge on any atom is 0.257 e. The molecule has 0 radical (unpaired) electrons. The van der Waals surface area contributed by atoms with E-state index in [0.717, 1.165) is 24.3 Å². The van der Waals surface area contributed by atoms with Crippen molar-refractivity contribution in [3.63, 3.8) is 0 Å². The van der Waals surface area contributed by atoms with Gasteiger partial charge in [0.05, 0.1) is 10.6 Å². The SMILES string of the molecule is O=C(Nc1ccc2c(c1)CCN2)c1ccccc1Cl. The number of carbonyl (C=O) groups excluding carboxylic acids is 1. The standard InChI is InChI=1S/C15H13ClN2O/c16-13-4-2-1-3-12(13)15(19)18-11-5-6-14-10(9-11)7-8-17-14/h1-6,9,17H,7-8H2,(H,18,19). The molecule has 2 N–H and O–H groups in total. The number of carbonyl (C=O) groups is 1. The molecule has 1 amide bonds. The highest BCUT2D eigenvalue weighted by Gasteiger charge is 2.13. The molecule has 3 nitrogen and oxygen atoms in total. The van der Waals surface area contributed by atoms with E-state index in [2.05, 4.69) is 10.6 Å². The lowest BCUT2D eigenvalue weighted by Gasteiger charge is -2.08. The quantitative estimate of drug-likeness (QED) is 0.878. The van der Waals surface area contributed by atoms with Gasteiger partial charge in [-0.15, -0.1) is 0 Å². The van der Waals surface area contributed by atoms with Gasteiger partial charge in [0.25, 0.3) is 5.91 Å². The highest BCUT2D eigenvalue weighted by molar-refractivity contribution is 6.34. The fraction of sp³-hybridized carbons (Fsp3) is 0.133. The van der Waals surface area contributed by atoms with E-state index >= 15 is 0 Å². The number of nitrogens with one attached hydrogen (secondary N) is 2. The zero-order valence-electron chi connectivity index (χ0n) is 10.2. The first-order chi connectivity index (χ1) is 9.24. The van der Waals surface area contributed by atoms with Crippen LogP contribution in [0.25, 0.3) is 0 Å². The van der Waals surface area contributed by atoms with E-state index < -0.39 is 0 Å². The van der Waals surface area contributed by atoms with Crippen LogP contribution in [-0.4, -0.2) is 12.5 Å². The summed E-state index contributed by atoms with van der Waals surface area (Å²) in [5, 5.41) is 6.63. The molecule has 0 spiro atoms. The van der Waals surface area contributed by atoms with Gasteiger partial charge in [0.1, 0.15) is 0 Å². The van der Waals surface area contributed by atoms with Crippen LogP contribution < -0.4 is 10.6 Å². The Balaban J connectivity index is 1.82. The fourth-order valence-corrected chi connectivity index (χ4v) is 2.45. The van der Waals surface area contributed by atoms with Crippen LogP contribution in [0.3, 0.4) is 0 Å². The summed E-state index contributed by atoms with van der Waals surface area (Å²) in [6.07, 6.45) is 0.991. The van der Waals surface area contributed by atoms with Crippen molar-refractivity contribution >= 4 is 28.9 Å². The predicted molar refractivity (Wildman–Crippen MR) is 78.0 cm³/mol. The number of anilines is 2. The third kappa shape index (κ3) is 2.42. The normalized spacial score (nSPS) is 12.7. The van der Waals surface area contributed by atoms with E-state index in [1.807, 2.05) is 18.2 Å². The summed E-state index contributed by atoms with van der Waals surface area (Å²) in [6, 6.07) is 12.9. The minimum atomic E-state index is -0.184. The molecule has 19 heavy (non-hydrogen) atoms. The van der Waals surface area contributed by atoms with E-state index in [4.69, 9.17) is 11.6 Å². The molecule has 0 saturated heterocycles. The molecule has 3 rings (SSSR count). The first-order valence-corrected chi connectivity index (χ1v) is 6.54. The summed E-state index contributed by atoms with van der Waals surface area (Å²) in [7, 11) is 0. The first-order valence-electron chi connectivity index (χ1n) is 6.17. The van der Waals surface area contributed by atoms with Gasteiger partial charge in [-0.2, -0.15) is 0 Å². The molecule has 1 heterocycles. The summed E-state index contributed by atoms with van der Waals surface area (Å²) in [5.74, 6) is -0.184. The Hall–Kier alpha value is -2.00. The summed E-state index contributed by atoms with van der Waals surface area (Å²) in [6.45, 7) is 0.956. The largest absolute Gasteiger partial charge is 0.384 e. The molecule has 1 aliphatic rings. The van der Waals surface area contributed by atoms with Gasteiger partial charge >= 0.3 is 0 Å². The molecule has 0 fully saturated rings. The highest BCUT2D eigenvalue weighted by atomic mass is 35.5. The lowest BCUT2D eigenvalue weighted by Crippen LogP contribution is -2.12. The Morgan fingerprint density at radius 3 is 2.89 bits per heavy atom. The maximum absolute atomic E-state index is 12.1. The molecule has 0 aromatic heterocycles. The number of benzene rings is 2. The van der Waals surface area contributed by atoms with Crippen molar-refractivity contribution in [1.29, 1.82) is 0 Å². The van der Waals surface area contributed by atoms with Gasteiger partial charge in [0, 0.05) is 17.9 Å². The molecule has 0 bridgehead atoms. The molecule has 0 unspecified atom stereocenters. The van der Waals surface area contributed by atoms with Crippen molar-refractivity contribution in [1.82, 2.24) is 0 Å². The summed E-state index contributed by atoms with van der Waals surface area (Å²) >= 11 is 6.01. The van der Waals surface area contributed by atoms with E-state index in [1.165, 1.54) is 5.56 Å². The molecular formula is C15H13ClN2O. The zero-order valence-corrected chi connectivity index (χ0v) is 11.0. The van der Waals surface area contributed by atoms with Crippen LogP contribution >= 0.6 is 11.6 Å². The van der Waals surface area contributed by atoms with Gasteiger partial charge < -0.3 is 10.6 Å². The molecule has 2 aromatic rings. The minimum absolute atomic E-state index is 0.184. The molecule has 96 valence electrons. The molecular weight excluding hydrogens is 260 g/mol. The smallest absolute Gasteiger partial charge is 0.257 e. The third-order valence-electron chi connectivity index (χ3n) is 3.19. The van der Waals surface area contributed by atoms with Crippen molar-refractivity contribution in [2.75, 3.05) is 17.2 Å². The number of hydrogen-bond acceptors (Lipinski definition) is 2. The Bertz CT molecular complexity index is 640. The van der Waals surface area contributed by atoms with Crippen molar-refractivity contribution < 1.29 is 4.79 Å². The van der Waals surface area contributed by atoms with Gasteiger partial charge in [-0.1, -0.05) is 23.7 Å². The lowest BCUT2D eigenvalue weighted by molar-refractivity contribution is 0.102. The zero-order chi connectivity index (χ0) is 13.2. The van der Waals surface area contributed by atoms with Gasteiger partial charge in [0.2, 0.25) is 0 Å². The topological polar surface area (TPSA) is 41.1 Å². The van der Waals surface area contributed by atoms with Crippen LogP contribution in [0.15, 0.2) is 42.5 Å². The number of hydrogen-bond donors (Lipinski definition) is 2. The molecule has 1 aliphatic heterocycles. The van der Waals surface area contributed by atoms with E-state index in [1.54, 1.807) is 24.3 Å². The average Bonchev–Trinajstić information content (AvgIpc) is 2.86. The van der Waals surface area contributed by atoms with E-state index in [-0.39, 0.29) is 5.91 Å². The summed E-state index contributed by atoms with van der Waals surface area (Å²) < 4.78 is 0. The Morgan fingerprint density at radius 1 is 1.21 bits per heavy atom. The van der Waals surface area contributed by atoms with Crippen molar-refractivity contribution in [3.05, 3.63) is 58.6 Å². The van der Waals surface area contributed by atoms with Crippen molar-refractivity contribution in [2.24, 2.45) is 0 Å². The third-order valence-corrected chi connectivity index (χ3v) is 3.52. The number of fused-ring (bicyclic) bond motifs is 1. The van der Waals surface area contributed by atoms with Crippen LogP contribution in [0, 0.1) is 0 Å². The van der Waals surface area contributed by atoms with Crippen LogP contribution in [0.4, 0.5) is 11.4 Å². The van der Waals surface area contributed by atoms with Crippen molar-refractivity contribution in [2.45, 2.75) is 6.42 Å².